The summed E-state index contributed by atoms with van der Waals surface area (Å²) in [5, 5.41) is 70.3. The molecule has 0 amide bonds. The molecule has 2 fully saturated rings. The molecule has 0 spiro atoms. The van der Waals surface area contributed by atoms with Crippen LogP contribution >= 0.6 is 0 Å². The van der Waals surface area contributed by atoms with Crippen LogP contribution in [0, 0.1) is 0 Å². The number of aliphatic hydroxyl groups is 7. The molecular weight excluding hydrogens is 528 g/mol. The second kappa shape index (κ2) is 18.6. The van der Waals surface area contributed by atoms with E-state index in [0.717, 1.165) is 19.3 Å². The van der Waals surface area contributed by atoms with Gasteiger partial charge in [-0.3, -0.25) is 4.79 Å². The zero-order valence-corrected chi connectivity index (χ0v) is 23.8. The van der Waals surface area contributed by atoms with Crippen molar-refractivity contribution in [3.05, 3.63) is 0 Å². The third-order valence-corrected chi connectivity index (χ3v) is 7.78. The second-order valence-corrected chi connectivity index (χ2v) is 11.1. The topological polar surface area (TPSA) is 196 Å². The summed E-state index contributed by atoms with van der Waals surface area (Å²) in [6, 6.07) is 0. The Bertz CT molecular complexity index is 694. The molecule has 0 aromatic rings. The monoisotopic (exact) mass is 580 g/mol. The Morgan fingerprint density at radius 3 is 1.80 bits per heavy atom. The van der Waals surface area contributed by atoms with Crippen LogP contribution in [0.3, 0.4) is 0 Å². The first kappa shape index (κ1) is 35.3. The third-order valence-electron chi connectivity index (χ3n) is 7.78. The number of aliphatic hydroxyl groups excluding tert-OH is 7. The number of esters is 1. The van der Waals surface area contributed by atoms with Gasteiger partial charge >= 0.3 is 5.97 Å². The van der Waals surface area contributed by atoms with Crippen LogP contribution in [-0.4, -0.2) is 116 Å². The van der Waals surface area contributed by atoms with Crippen LogP contribution in [0.25, 0.3) is 0 Å². The fourth-order valence-corrected chi connectivity index (χ4v) is 5.15. The van der Waals surface area contributed by atoms with Crippen LogP contribution in [0.15, 0.2) is 0 Å². The quantitative estimate of drug-likeness (QED) is 0.0785. The highest BCUT2D eigenvalue weighted by Gasteiger charge is 2.58. The predicted molar refractivity (Wildman–Crippen MR) is 143 cm³/mol. The lowest BCUT2D eigenvalue weighted by atomic mass is 9.99. The van der Waals surface area contributed by atoms with Crippen LogP contribution in [-0.2, 0) is 23.7 Å². The van der Waals surface area contributed by atoms with Gasteiger partial charge in [-0.2, -0.15) is 0 Å². The molecule has 0 aromatic heterocycles. The molecule has 0 saturated carbocycles. The molecule has 2 aliphatic heterocycles. The number of unbranched alkanes of at least 4 members (excludes halogenated alkanes) is 12. The maximum atomic E-state index is 12.2. The summed E-state index contributed by atoms with van der Waals surface area (Å²) >= 11 is 0. The maximum absolute atomic E-state index is 12.2. The van der Waals surface area contributed by atoms with E-state index in [9.17, 15) is 40.5 Å². The summed E-state index contributed by atoms with van der Waals surface area (Å²) in [6.45, 7) is 0.129. The lowest BCUT2D eigenvalue weighted by molar-refractivity contribution is -0.383. The van der Waals surface area contributed by atoms with Crippen molar-refractivity contribution in [3.8, 4) is 0 Å². The number of hydrogen-bond acceptors (Lipinski definition) is 12. The van der Waals surface area contributed by atoms with Crippen molar-refractivity contribution >= 4 is 5.97 Å². The Labute approximate surface area is 237 Å². The van der Waals surface area contributed by atoms with Crippen molar-refractivity contribution in [3.63, 3.8) is 0 Å². The summed E-state index contributed by atoms with van der Waals surface area (Å²) < 4.78 is 21.4. The number of ether oxygens (including phenoxy) is 4. The maximum Gasteiger partial charge on any atom is 0.305 e. The summed E-state index contributed by atoms with van der Waals surface area (Å²) in [5.74, 6) is -2.76. The molecule has 0 aromatic carbocycles. The average Bonchev–Trinajstić information content (AvgIpc) is 3.19. The molecule has 2 aliphatic rings. The average molecular weight is 581 g/mol. The first-order chi connectivity index (χ1) is 19.2. The van der Waals surface area contributed by atoms with Gasteiger partial charge in [-0.1, -0.05) is 84.0 Å². The predicted octanol–water partition coefficient (Wildman–Crippen LogP) is 0.637. The zero-order valence-electron chi connectivity index (χ0n) is 23.8. The smallest absolute Gasteiger partial charge is 0.305 e. The van der Waals surface area contributed by atoms with E-state index < -0.39 is 80.6 Å². The lowest BCUT2D eigenvalue weighted by Crippen LogP contribution is -2.62. The molecule has 2 saturated heterocycles. The van der Waals surface area contributed by atoms with Crippen molar-refractivity contribution < 1.29 is 59.5 Å². The summed E-state index contributed by atoms with van der Waals surface area (Å²) in [6.07, 6.45) is 2.77. The minimum atomic E-state index is -2.28. The SMILES string of the molecule is CCCCCCCCCCCCCCCC(=O)OCC1OC(CO)(O[C@H]2OC(CO)C(O)C(O)C2O)C(O)C1O. The van der Waals surface area contributed by atoms with Crippen LogP contribution in [0.5, 0.6) is 0 Å². The van der Waals surface area contributed by atoms with Gasteiger partial charge in [-0.15, -0.1) is 0 Å². The van der Waals surface area contributed by atoms with Crippen molar-refractivity contribution in [2.45, 2.75) is 152 Å². The van der Waals surface area contributed by atoms with Crippen molar-refractivity contribution in [2.75, 3.05) is 19.8 Å². The van der Waals surface area contributed by atoms with E-state index in [2.05, 4.69) is 6.92 Å². The first-order valence-electron chi connectivity index (χ1n) is 15.0. The van der Waals surface area contributed by atoms with E-state index in [-0.39, 0.29) is 6.42 Å². The molecule has 8 unspecified atom stereocenters. The number of carbonyl (C=O) groups is 1. The standard InChI is InChI=1S/C28H52O12/c1-2-3-4-5-6-7-8-9-10-11-12-13-14-15-21(31)37-17-20-23(33)26(36)28(18-30,39-20)40-27-25(35)24(34)22(32)19(16-29)38-27/h19-20,22-27,29-30,32-36H,2-18H2,1H3/t19?,20?,22?,23?,24?,25?,26?,27-,28?/m1/s1. The van der Waals surface area contributed by atoms with Gasteiger partial charge in [0, 0.05) is 6.42 Å². The molecule has 0 radical (unpaired) electrons. The van der Waals surface area contributed by atoms with Gasteiger partial charge in [0.15, 0.2) is 6.29 Å². The van der Waals surface area contributed by atoms with Gasteiger partial charge < -0.3 is 54.7 Å². The second-order valence-electron chi connectivity index (χ2n) is 11.1. The van der Waals surface area contributed by atoms with E-state index in [4.69, 9.17) is 18.9 Å². The zero-order chi connectivity index (χ0) is 29.5. The number of rotatable bonds is 20. The van der Waals surface area contributed by atoms with E-state index in [1.165, 1.54) is 57.8 Å². The third kappa shape index (κ3) is 10.4. The summed E-state index contributed by atoms with van der Waals surface area (Å²) in [7, 11) is 0. The van der Waals surface area contributed by atoms with E-state index in [1.807, 2.05) is 0 Å². The van der Waals surface area contributed by atoms with E-state index in [0.29, 0.717) is 6.42 Å². The molecule has 236 valence electrons. The van der Waals surface area contributed by atoms with Gasteiger partial charge in [0.05, 0.1) is 6.61 Å². The minimum Gasteiger partial charge on any atom is -0.463 e. The van der Waals surface area contributed by atoms with Crippen LogP contribution < -0.4 is 0 Å². The van der Waals surface area contributed by atoms with Crippen LogP contribution in [0.1, 0.15) is 96.8 Å². The van der Waals surface area contributed by atoms with Crippen molar-refractivity contribution in [1.29, 1.82) is 0 Å². The highest BCUT2D eigenvalue weighted by Crippen LogP contribution is 2.36. The molecule has 12 nitrogen and oxygen atoms in total. The fraction of sp³-hybridized carbons (Fsp3) is 0.964. The fourth-order valence-electron chi connectivity index (χ4n) is 5.15. The molecule has 40 heavy (non-hydrogen) atoms. The highest BCUT2D eigenvalue weighted by molar-refractivity contribution is 5.69. The van der Waals surface area contributed by atoms with E-state index in [1.54, 1.807) is 0 Å². The minimum absolute atomic E-state index is 0.204. The highest BCUT2D eigenvalue weighted by atomic mass is 16.8. The molecule has 2 rings (SSSR count). The normalized spacial score (nSPS) is 34.3. The van der Waals surface area contributed by atoms with Gasteiger partial charge in [0.25, 0.3) is 0 Å². The molecule has 2 heterocycles. The first-order valence-corrected chi connectivity index (χ1v) is 15.0. The van der Waals surface area contributed by atoms with Gasteiger partial charge in [0.2, 0.25) is 5.79 Å². The van der Waals surface area contributed by atoms with Crippen molar-refractivity contribution in [2.24, 2.45) is 0 Å². The summed E-state index contributed by atoms with van der Waals surface area (Å²) in [5.41, 5.74) is 0. The summed E-state index contributed by atoms with van der Waals surface area (Å²) in [4.78, 5) is 12.2. The number of carbonyl (C=O) groups excluding carboxylic acids is 1. The Morgan fingerprint density at radius 1 is 0.725 bits per heavy atom. The largest absolute Gasteiger partial charge is 0.463 e. The van der Waals surface area contributed by atoms with Crippen LogP contribution in [0.2, 0.25) is 0 Å². The number of hydrogen-bond donors (Lipinski definition) is 7. The Hall–Kier alpha value is -0.930. The van der Waals surface area contributed by atoms with Crippen LogP contribution in [0.4, 0.5) is 0 Å². The molecule has 12 heteroatoms. The Morgan fingerprint density at radius 2 is 1.27 bits per heavy atom. The van der Waals surface area contributed by atoms with E-state index >= 15 is 0 Å². The molecule has 9 atom stereocenters. The molecule has 7 N–H and O–H groups in total. The Balaban J connectivity index is 1.65. The molecular formula is C28H52O12. The van der Waals surface area contributed by atoms with Gasteiger partial charge in [-0.25, -0.2) is 0 Å². The molecule has 0 bridgehead atoms. The Kier molecular flexibility index (Phi) is 16.4. The van der Waals surface area contributed by atoms with Crippen molar-refractivity contribution in [1.82, 2.24) is 0 Å². The van der Waals surface area contributed by atoms with Gasteiger partial charge in [0.1, 0.15) is 55.9 Å². The lowest BCUT2D eigenvalue weighted by Gasteiger charge is -2.43. The van der Waals surface area contributed by atoms with Gasteiger partial charge in [-0.05, 0) is 6.42 Å². The molecule has 0 aliphatic carbocycles.